The van der Waals surface area contributed by atoms with Crippen LogP contribution in [0.2, 0.25) is 0 Å². The summed E-state index contributed by atoms with van der Waals surface area (Å²) in [5.74, 6) is -2.05. The molecule has 0 unspecified atom stereocenters. The Labute approximate surface area is 98.6 Å². The second kappa shape index (κ2) is 5.39. The number of aliphatic carboxylic acids is 1. The zero-order valence-corrected chi connectivity index (χ0v) is 9.66. The maximum atomic E-state index is 12.8. The predicted octanol–water partition coefficient (Wildman–Crippen LogP) is 2.60. The van der Waals surface area contributed by atoms with Crippen LogP contribution in [-0.2, 0) is 11.2 Å². The number of fused-ring (bicyclic) bond motifs is 1. The topological polar surface area (TPSA) is 54.4 Å². The minimum Gasteiger partial charge on any atom is -0.478 e. The first kappa shape index (κ1) is 13.1. The van der Waals surface area contributed by atoms with Crippen molar-refractivity contribution in [3.8, 4) is 0 Å². The van der Waals surface area contributed by atoms with E-state index in [1.807, 2.05) is 13.8 Å². The monoisotopic (exact) mass is 236 g/mol. The molecule has 1 aliphatic carbocycles. The third-order valence-electron chi connectivity index (χ3n) is 2.30. The zero-order chi connectivity index (χ0) is 13.0. The van der Waals surface area contributed by atoms with Crippen LogP contribution in [0, 0.1) is 5.82 Å². The van der Waals surface area contributed by atoms with Crippen LogP contribution in [0.25, 0.3) is 0 Å². The van der Waals surface area contributed by atoms with Crippen LogP contribution in [0.4, 0.5) is 4.39 Å². The Balaban J connectivity index is 0.000000686. The molecule has 3 nitrogen and oxygen atoms in total. The minimum atomic E-state index is -1.11. The summed E-state index contributed by atoms with van der Waals surface area (Å²) in [6, 6.07) is 3.79. The molecule has 0 aromatic heterocycles. The Morgan fingerprint density at radius 1 is 1.35 bits per heavy atom. The minimum absolute atomic E-state index is 0.0408. The Hall–Kier alpha value is -1.97. The van der Waals surface area contributed by atoms with Gasteiger partial charge in [-0.05, 0) is 23.8 Å². The Morgan fingerprint density at radius 2 is 2.00 bits per heavy atom. The van der Waals surface area contributed by atoms with Gasteiger partial charge >= 0.3 is 5.97 Å². The highest BCUT2D eigenvalue weighted by molar-refractivity contribution is 6.11. The van der Waals surface area contributed by atoms with Crippen LogP contribution in [0.15, 0.2) is 29.8 Å². The van der Waals surface area contributed by atoms with E-state index in [0.717, 1.165) is 12.1 Å². The van der Waals surface area contributed by atoms with Crippen molar-refractivity contribution in [3.63, 3.8) is 0 Å². The van der Waals surface area contributed by atoms with E-state index in [1.54, 1.807) is 0 Å². The first-order chi connectivity index (χ1) is 8.08. The van der Waals surface area contributed by atoms with Gasteiger partial charge in [0.15, 0.2) is 5.78 Å². The van der Waals surface area contributed by atoms with Crippen molar-refractivity contribution in [1.82, 2.24) is 0 Å². The number of benzene rings is 1. The van der Waals surface area contributed by atoms with Crippen LogP contribution in [-0.4, -0.2) is 16.9 Å². The Kier molecular flexibility index (Phi) is 4.15. The van der Waals surface area contributed by atoms with Gasteiger partial charge in [0.25, 0.3) is 0 Å². The van der Waals surface area contributed by atoms with Crippen molar-refractivity contribution >= 4 is 11.8 Å². The van der Waals surface area contributed by atoms with E-state index < -0.39 is 17.6 Å². The van der Waals surface area contributed by atoms with Gasteiger partial charge in [-0.15, -0.1) is 0 Å². The van der Waals surface area contributed by atoms with Gasteiger partial charge in [-0.25, -0.2) is 9.18 Å². The number of carbonyl (C=O) groups excluding carboxylic acids is 1. The van der Waals surface area contributed by atoms with Crippen LogP contribution >= 0.6 is 0 Å². The molecule has 2 rings (SSSR count). The average Bonchev–Trinajstić information content (AvgIpc) is 2.32. The SMILES string of the molecule is CC.O=C(O)C1=CC(=O)c2cc(F)ccc2C1. The van der Waals surface area contributed by atoms with Crippen molar-refractivity contribution < 1.29 is 19.1 Å². The third-order valence-corrected chi connectivity index (χ3v) is 2.30. The number of ketones is 1. The van der Waals surface area contributed by atoms with Crippen LogP contribution in [0.1, 0.15) is 29.8 Å². The quantitative estimate of drug-likeness (QED) is 0.815. The summed E-state index contributed by atoms with van der Waals surface area (Å²) >= 11 is 0. The zero-order valence-electron chi connectivity index (χ0n) is 9.66. The van der Waals surface area contributed by atoms with Gasteiger partial charge < -0.3 is 5.11 Å². The van der Waals surface area contributed by atoms with E-state index >= 15 is 0 Å². The van der Waals surface area contributed by atoms with E-state index in [1.165, 1.54) is 12.1 Å². The second-order valence-electron chi connectivity index (χ2n) is 3.32. The summed E-state index contributed by atoms with van der Waals surface area (Å²) in [5, 5.41) is 8.74. The molecule has 1 aromatic carbocycles. The lowest BCUT2D eigenvalue weighted by Gasteiger charge is -2.13. The molecule has 0 saturated carbocycles. The molecule has 4 heteroatoms. The summed E-state index contributed by atoms with van der Waals surface area (Å²) in [5.41, 5.74) is 0.848. The fraction of sp³-hybridized carbons (Fsp3) is 0.231. The molecular formula is C13H13FO3. The van der Waals surface area contributed by atoms with Crippen molar-refractivity contribution in [2.24, 2.45) is 0 Å². The number of rotatable bonds is 1. The number of carboxylic acids is 1. The Morgan fingerprint density at radius 3 is 2.59 bits per heavy atom. The molecule has 0 saturated heterocycles. The van der Waals surface area contributed by atoms with Gasteiger partial charge in [-0.1, -0.05) is 19.9 Å². The molecule has 0 fully saturated rings. The fourth-order valence-electron chi connectivity index (χ4n) is 1.56. The first-order valence-corrected chi connectivity index (χ1v) is 5.34. The molecule has 1 aliphatic rings. The van der Waals surface area contributed by atoms with Crippen molar-refractivity contribution in [1.29, 1.82) is 0 Å². The lowest BCUT2D eigenvalue weighted by atomic mass is 9.91. The fourth-order valence-corrected chi connectivity index (χ4v) is 1.56. The number of carbonyl (C=O) groups is 2. The smallest absolute Gasteiger partial charge is 0.332 e. The molecule has 17 heavy (non-hydrogen) atoms. The molecule has 0 radical (unpaired) electrons. The molecular weight excluding hydrogens is 223 g/mol. The molecule has 1 N–H and O–H groups in total. The molecule has 0 amide bonds. The summed E-state index contributed by atoms with van der Waals surface area (Å²) in [7, 11) is 0. The molecule has 1 aromatic rings. The standard InChI is InChI=1S/C11H7FO3.C2H6/c12-8-2-1-6-3-7(11(14)15)4-10(13)9(6)5-8;1-2/h1-2,4-5H,3H2,(H,14,15);1-2H3. The lowest BCUT2D eigenvalue weighted by molar-refractivity contribution is -0.132. The van der Waals surface area contributed by atoms with Gasteiger partial charge in [-0.2, -0.15) is 0 Å². The number of carboxylic acid groups (broad SMARTS) is 1. The van der Waals surface area contributed by atoms with Crippen LogP contribution in [0.3, 0.4) is 0 Å². The van der Waals surface area contributed by atoms with Gasteiger partial charge in [0.1, 0.15) is 5.82 Å². The summed E-state index contributed by atoms with van der Waals surface area (Å²) in [6.45, 7) is 4.00. The van der Waals surface area contributed by atoms with E-state index in [-0.39, 0.29) is 17.6 Å². The largest absolute Gasteiger partial charge is 0.478 e. The number of hydrogen-bond donors (Lipinski definition) is 1. The molecule has 0 aliphatic heterocycles. The third kappa shape index (κ3) is 2.78. The summed E-state index contributed by atoms with van der Waals surface area (Å²) in [6.07, 6.45) is 1.21. The molecule has 0 bridgehead atoms. The van der Waals surface area contributed by atoms with Gasteiger partial charge in [0.2, 0.25) is 0 Å². The van der Waals surface area contributed by atoms with Crippen LogP contribution in [0.5, 0.6) is 0 Å². The van der Waals surface area contributed by atoms with Crippen molar-refractivity contribution in [2.45, 2.75) is 20.3 Å². The van der Waals surface area contributed by atoms with E-state index in [9.17, 15) is 14.0 Å². The van der Waals surface area contributed by atoms with Gasteiger partial charge in [0.05, 0.1) is 0 Å². The maximum Gasteiger partial charge on any atom is 0.332 e. The summed E-state index contributed by atoms with van der Waals surface area (Å²) in [4.78, 5) is 22.1. The molecule has 0 heterocycles. The average molecular weight is 236 g/mol. The highest BCUT2D eigenvalue weighted by atomic mass is 19.1. The van der Waals surface area contributed by atoms with E-state index in [2.05, 4.69) is 0 Å². The molecule has 0 spiro atoms. The normalized spacial score (nSPS) is 13.1. The first-order valence-electron chi connectivity index (χ1n) is 5.34. The van der Waals surface area contributed by atoms with Gasteiger partial charge in [-0.3, -0.25) is 4.79 Å². The van der Waals surface area contributed by atoms with Crippen molar-refractivity contribution in [3.05, 3.63) is 46.8 Å². The van der Waals surface area contributed by atoms with Crippen molar-refractivity contribution in [2.75, 3.05) is 0 Å². The maximum absolute atomic E-state index is 12.8. The molecule has 90 valence electrons. The Bertz CT molecular complexity index is 489. The van der Waals surface area contributed by atoms with E-state index in [0.29, 0.717) is 5.56 Å². The lowest BCUT2D eigenvalue weighted by Crippen LogP contribution is -2.15. The molecule has 0 atom stereocenters. The van der Waals surface area contributed by atoms with Crippen LogP contribution < -0.4 is 0 Å². The van der Waals surface area contributed by atoms with Gasteiger partial charge in [0, 0.05) is 17.6 Å². The number of hydrogen-bond acceptors (Lipinski definition) is 2. The number of allylic oxidation sites excluding steroid dienone is 1. The summed E-state index contributed by atoms with van der Waals surface area (Å²) < 4.78 is 12.8. The highest BCUT2D eigenvalue weighted by Gasteiger charge is 2.21. The number of halogens is 1. The predicted molar refractivity (Wildman–Crippen MR) is 61.5 cm³/mol. The highest BCUT2D eigenvalue weighted by Crippen LogP contribution is 2.21. The van der Waals surface area contributed by atoms with E-state index in [4.69, 9.17) is 5.11 Å². The second-order valence-corrected chi connectivity index (χ2v) is 3.32.